The summed E-state index contributed by atoms with van der Waals surface area (Å²) in [6.07, 6.45) is 0. The van der Waals surface area contributed by atoms with Crippen molar-refractivity contribution in [2.24, 2.45) is 0 Å². The van der Waals surface area contributed by atoms with Gasteiger partial charge in [-0.05, 0) is 113 Å². The summed E-state index contributed by atoms with van der Waals surface area (Å²) in [5.41, 5.74) is -6.64. The van der Waals surface area contributed by atoms with Gasteiger partial charge in [-0.3, -0.25) is 75.8 Å². The first kappa shape index (κ1) is 50.7. The van der Waals surface area contributed by atoms with Gasteiger partial charge in [0, 0.05) is 24.2 Å². The van der Waals surface area contributed by atoms with Gasteiger partial charge in [-0.1, -0.05) is 64.1 Å². The molecular formula is C58H52N6O12. The summed E-state index contributed by atoms with van der Waals surface area (Å²) in [6, 6.07) is 15.6. The van der Waals surface area contributed by atoms with Crippen molar-refractivity contribution in [3.05, 3.63) is 196 Å². The quantitative estimate of drug-likeness (QED) is 0.177. The Kier molecular flexibility index (Phi) is 11.6. The SMILES string of the molecule is CC(C)c1ccc(-n2c(=O)c3c(c2=O)c2c(=O)n(C(C)C)c(=O)c2c2c(=O)n(C(C)C)c(=O)c32)cc1.CC(C)c1ccc2cc(-n3c(=O)c4c(c3=O)c3c(=O)n(C(C)C)c(=O)c3c3c(=O)n(C(C)C)c(=O)c43)ccc2c1. The second kappa shape index (κ2) is 17.4. The number of hydrogen-bond donors (Lipinski definition) is 0. The van der Waals surface area contributed by atoms with Crippen LogP contribution in [0.2, 0.25) is 0 Å². The third-order valence-corrected chi connectivity index (χ3v) is 14.8. The van der Waals surface area contributed by atoms with Crippen molar-refractivity contribution in [2.45, 2.75) is 119 Å². The van der Waals surface area contributed by atoms with E-state index in [1.807, 2.05) is 32.0 Å². The lowest BCUT2D eigenvalue weighted by atomic mass is 9.99. The normalized spacial score (nSPS) is 12.5. The van der Waals surface area contributed by atoms with Gasteiger partial charge >= 0.3 is 0 Å². The lowest BCUT2D eigenvalue weighted by Crippen LogP contribution is -2.28. The fourth-order valence-electron chi connectivity index (χ4n) is 11.1. The van der Waals surface area contributed by atoms with Crippen molar-refractivity contribution in [3.8, 4) is 11.4 Å². The lowest BCUT2D eigenvalue weighted by Gasteiger charge is -2.08. The number of nitrogens with zero attached hydrogens (tertiary/aromatic N) is 6. The molecule has 386 valence electrons. The van der Waals surface area contributed by atoms with Crippen molar-refractivity contribution in [3.63, 3.8) is 0 Å². The van der Waals surface area contributed by atoms with Gasteiger partial charge in [0.15, 0.2) is 0 Å². The predicted octanol–water partition coefficient (Wildman–Crippen LogP) is 5.75. The van der Waals surface area contributed by atoms with E-state index in [4.69, 9.17) is 0 Å². The van der Waals surface area contributed by atoms with E-state index in [0.29, 0.717) is 5.92 Å². The third-order valence-electron chi connectivity index (χ3n) is 14.8. The Labute approximate surface area is 427 Å². The Morgan fingerprint density at radius 1 is 0.250 bits per heavy atom. The van der Waals surface area contributed by atoms with Gasteiger partial charge < -0.3 is 0 Å². The van der Waals surface area contributed by atoms with E-state index in [2.05, 4.69) is 13.8 Å². The summed E-state index contributed by atoms with van der Waals surface area (Å²) in [7, 11) is 0. The molecule has 0 saturated heterocycles. The van der Waals surface area contributed by atoms with E-state index in [-0.39, 0.29) is 81.9 Å². The summed E-state index contributed by atoms with van der Waals surface area (Å²) in [5.74, 6) is 0.546. The highest BCUT2D eigenvalue weighted by Crippen LogP contribution is 2.30. The second-order valence-electron chi connectivity index (χ2n) is 21.4. The molecule has 0 spiro atoms. The maximum Gasteiger partial charge on any atom is 0.267 e. The number of benzene rings is 5. The summed E-state index contributed by atoms with van der Waals surface area (Å²) in [6.45, 7) is 21.2. The average molecular weight is 1030 g/mol. The summed E-state index contributed by atoms with van der Waals surface area (Å²) in [5, 5.41) is -1.74. The minimum Gasteiger partial charge on any atom is -0.272 e. The van der Waals surface area contributed by atoms with Gasteiger partial charge in [0.1, 0.15) is 0 Å². The molecule has 0 bridgehead atoms. The van der Waals surface area contributed by atoms with Crippen molar-refractivity contribution in [1.82, 2.24) is 27.4 Å². The van der Waals surface area contributed by atoms with Crippen LogP contribution in [0.1, 0.15) is 130 Å². The molecule has 0 unspecified atom stereocenters. The molecule has 0 radical (unpaired) electrons. The minimum absolute atomic E-state index is 0.226. The fraction of sp³-hybridized carbons (Fsp3) is 0.310. The zero-order valence-corrected chi connectivity index (χ0v) is 43.8. The van der Waals surface area contributed by atoms with Crippen molar-refractivity contribution in [1.29, 1.82) is 0 Å². The molecule has 18 nitrogen and oxygen atoms in total. The smallest absolute Gasteiger partial charge is 0.267 e. The molecule has 0 aliphatic rings. The fourth-order valence-corrected chi connectivity index (χ4v) is 11.1. The van der Waals surface area contributed by atoms with Crippen LogP contribution in [0.25, 0.3) is 86.8 Å². The van der Waals surface area contributed by atoms with Crippen LogP contribution in [-0.4, -0.2) is 27.4 Å². The van der Waals surface area contributed by atoms with Crippen LogP contribution in [0, 0.1) is 0 Å². The van der Waals surface area contributed by atoms with Gasteiger partial charge in [-0.15, -0.1) is 0 Å². The molecule has 11 rings (SSSR count). The van der Waals surface area contributed by atoms with Crippen LogP contribution in [0.4, 0.5) is 0 Å². The Morgan fingerprint density at radius 3 is 0.750 bits per heavy atom. The first-order valence-electron chi connectivity index (χ1n) is 25.2. The molecule has 18 heteroatoms. The summed E-state index contributed by atoms with van der Waals surface area (Å²) < 4.78 is 5.67. The Balaban J connectivity index is 0.000000174. The van der Waals surface area contributed by atoms with Crippen LogP contribution in [-0.2, 0) is 0 Å². The van der Waals surface area contributed by atoms with Crippen molar-refractivity contribution < 1.29 is 0 Å². The molecule has 6 heterocycles. The Morgan fingerprint density at radius 2 is 0.474 bits per heavy atom. The van der Waals surface area contributed by atoms with E-state index in [1.165, 1.54) is 0 Å². The molecule has 0 aliphatic carbocycles. The molecule has 6 aromatic heterocycles. The highest BCUT2D eigenvalue weighted by atomic mass is 16.2. The third kappa shape index (κ3) is 6.77. The molecule has 0 aliphatic heterocycles. The first-order valence-corrected chi connectivity index (χ1v) is 25.2. The highest BCUT2D eigenvalue weighted by molar-refractivity contribution is 6.26. The van der Waals surface area contributed by atoms with Crippen LogP contribution >= 0.6 is 0 Å². The predicted molar refractivity (Wildman–Crippen MR) is 298 cm³/mol. The minimum atomic E-state index is -0.813. The number of hydrogen-bond acceptors (Lipinski definition) is 12. The van der Waals surface area contributed by atoms with E-state index in [9.17, 15) is 57.5 Å². The number of aromatic nitrogens is 6. The number of fused-ring (bicyclic) bond motifs is 13. The van der Waals surface area contributed by atoms with Crippen LogP contribution in [0.5, 0.6) is 0 Å². The molecular weight excluding hydrogens is 973 g/mol. The maximum absolute atomic E-state index is 14.0. The van der Waals surface area contributed by atoms with Crippen LogP contribution in [0.15, 0.2) is 118 Å². The molecule has 0 amide bonds. The van der Waals surface area contributed by atoms with Crippen molar-refractivity contribution >= 4 is 75.4 Å². The molecule has 76 heavy (non-hydrogen) atoms. The highest BCUT2D eigenvalue weighted by Gasteiger charge is 2.34. The molecule has 0 atom stereocenters. The molecule has 11 aromatic rings. The lowest BCUT2D eigenvalue weighted by molar-refractivity contribution is 0.572. The van der Waals surface area contributed by atoms with E-state index in [1.54, 1.807) is 97.9 Å². The van der Waals surface area contributed by atoms with E-state index in [0.717, 1.165) is 49.3 Å². The monoisotopic (exact) mass is 1020 g/mol. The van der Waals surface area contributed by atoms with Crippen LogP contribution < -0.4 is 66.7 Å². The average Bonchev–Trinajstić information content (AvgIpc) is 4.21. The van der Waals surface area contributed by atoms with E-state index >= 15 is 0 Å². The summed E-state index contributed by atoms with van der Waals surface area (Å²) >= 11 is 0. The van der Waals surface area contributed by atoms with Gasteiger partial charge in [-0.25, -0.2) is 9.13 Å². The van der Waals surface area contributed by atoms with Gasteiger partial charge in [0.2, 0.25) is 0 Å². The Hall–Kier alpha value is -8.80. The summed E-state index contributed by atoms with van der Waals surface area (Å²) in [4.78, 5) is 163. The zero-order valence-electron chi connectivity index (χ0n) is 43.8. The van der Waals surface area contributed by atoms with Crippen LogP contribution in [0.3, 0.4) is 0 Å². The number of rotatable bonds is 8. The topological polar surface area (TPSA) is 234 Å². The molecule has 0 N–H and O–H groups in total. The second-order valence-corrected chi connectivity index (χ2v) is 21.4. The first-order chi connectivity index (χ1) is 35.8. The Bertz CT molecular complexity index is 4800. The largest absolute Gasteiger partial charge is 0.272 e. The van der Waals surface area contributed by atoms with Gasteiger partial charge in [-0.2, -0.15) is 0 Å². The molecule has 0 saturated carbocycles. The molecule has 5 aromatic carbocycles. The molecule has 0 fully saturated rings. The zero-order chi connectivity index (χ0) is 55.3. The van der Waals surface area contributed by atoms with Crippen molar-refractivity contribution in [2.75, 3.05) is 0 Å². The van der Waals surface area contributed by atoms with E-state index < -0.39 is 90.9 Å². The standard InChI is InChI=1S/C31H27N3O6.C27H25N3O6/c1-13(2)16-7-8-18-12-19(10-9-17(18)11-16)34-30(39)24-22-20(26(35)32(14(3)4)28(22)37)21-23(25(24)31(34)40)29(38)33(15(5)6)27(21)36;1-11(2)14-7-9-15(10-8-14)30-26(35)20-18-16(22(31)28(12(3)4)24(18)33)17-19(21(20)27(30)36)25(34)29(13(5)6)23(17)32/h7-15H,1-6H3;7-13H,1-6H3. The van der Waals surface area contributed by atoms with Gasteiger partial charge in [0.05, 0.1) is 76.0 Å². The maximum atomic E-state index is 14.0. The van der Waals surface area contributed by atoms with Gasteiger partial charge in [0.25, 0.3) is 66.7 Å².